The SMILES string of the molecule is C/C=C(\C)CCC.CC.CCCC(=O)c1ccc(C)c(C)c1.CCCCC.CCCCCC.CCCc1cccc2c1OC(C)(c1ccc(C#N)cc1C)O2. The van der Waals surface area contributed by atoms with Crippen LogP contribution < -0.4 is 9.47 Å². The van der Waals surface area contributed by atoms with Crippen molar-refractivity contribution in [2.24, 2.45) is 0 Å². The minimum absolute atomic E-state index is 0.255. The fourth-order valence-corrected chi connectivity index (χ4v) is 5.68. The van der Waals surface area contributed by atoms with Crippen molar-refractivity contribution in [3.05, 3.63) is 105 Å². The number of nitriles is 1. The van der Waals surface area contributed by atoms with Gasteiger partial charge in [0.2, 0.25) is 0 Å². The number of ether oxygens (including phenoxy) is 2. The van der Waals surface area contributed by atoms with Gasteiger partial charge in [-0.2, -0.15) is 5.26 Å². The number of fused-ring (bicyclic) bond motifs is 1. The van der Waals surface area contributed by atoms with Crippen LogP contribution in [0.4, 0.5) is 0 Å². The highest BCUT2D eigenvalue weighted by molar-refractivity contribution is 5.96. The van der Waals surface area contributed by atoms with Crippen molar-refractivity contribution in [2.45, 2.75) is 193 Å². The van der Waals surface area contributed by atoms with E-state index in [1.165, 1.54) is 80.1 Å². The second-order valence-electron chi connectivity index (χ2n) is 14.2. The molecule has 4 heteroatoms. The Bertz CT molecular complexity index is 1520. The molecule has 1 heterocycles. The number of hydrogen-bond donors (Lipinski definition) is 0. The molecule has 4 nitrogen and oxygen atoms in total. The maximum atomic E-state index is 11.5. The van der Waals surface area contributed by atoms with Gasteiger partial charge in [-0.15, -0.1) is 0 Å². The predicted octanol–water partition coefficient (Wildman–Crippen LogP) is 16.3. The minimum atomic E-state index is -0.843. The second-order valence-corrected chi connectivity index (χ2v) is 14.2. The zero-order valence-corrected chi connectivity index (χ0v) is 38.1. The molecule has 0 fully saturated rings. The third-order valence-corrected chi connectivity index (χ3v) is 9.13. The molecule has 1 atom stereocenters. The fourth-order valence-electron chi connectivity index (χ4n) is 5.68. The lowest BCUT2D eigenvalue weighted by Gasteiger charge is -2.25. The van der Waals surface area contributed by atoms with E-state index in [-0.39, 0.29) is 5.78 Å². The average Bonchev–Trinajstić information content (AvgIpc) is 3.55. The highest BCUT2D eigenvalue weighted by atomic mass is 16.7. The standard InChI is InChI=1S/C19H19NO2.C12H16O.C7H14.C6H14.C5H12.C2H6/c1-4-6-15-7-5-8-17-18(15)22-19(3,21-17)16-10-9-14(12-20)11-13(16)2;1-4-5-12(13)11-7-6-9(2)10(3)8-11;1-4-6-7(3)5-2;1-3-5-6-4-2;1-3-5-4-2;1-2/h5,7-11H,4,6H2,1-3H3;6-8H,4-5H2,1-3H3;5H,4,6H2,1-3H3;3-6H2,1-2H3;3-5H2,1-2H3;1-2H3/b;;7-5+;;;. The Morgan fingerprint density at radius 2 is 1.31 bits per heavy atom. The van der Waals surface area contributed by atoms with Crippen LogP contribution in [0.3, 0.4) is 0 Å². The number of para-hydroxylation sites is 1. The molecule has 0 aliphatic carbocycles. The van der Waals surface area contributed by atoms with Gasteiger partial charge in [-0.3, -0.25) is 4.79 Å². The van der Waals surface area contributed by atoms with Crippen LogP contribution in [0.1, 0.15) is 204 Å². The third kappa shape index (κ3) is 21.2. The van der Waals surface area contributed by atoms with Crippen molar-refractivity contribution in [1.82, 2.24) is 0 Å². The molecule has 3 aromatic rings. The lowest BCUT2D eigenvalue weighted by Crippen LogP contribution is -2.32. The van der Waals surface area contributed by atoms with Crippen LogP contribution in [-0.2, 0) is 12.2 Å². The first-order valence-electron chi connectivity index (χ1n) is 21.6. The summed E-state index contributed by atoms with van der Waals surface area (Å²) >= 11 is 0. The van der Waals surface area contributed by atoms with E-state index in [0.717, 1.165) is 47.5 Å². The molecule has 0 spiro atoms. The number of nitrogens with zero attached hydrogens (tertiary/aromatic N) is 1. The Morgan fingerprint density at radius 3 is 1.75 bits per heavy atom. The van der Waals surface area contributed by atoms with Gasteiger partial charge in [0.15, 0.2) is 17.3 Å². The van der Waals surface area contributed by atoms with Crippen LogP contribution in [0.25, 0.3) is 0 Å². The molecule has 0 saturated carbocycles. The molecule has 1 aliphatic rings. The Kier molecular flexibility index (Phi) is 31.4. The van der Waals surface area contributed by atoms with Crippen molar-refractivity contribution in [3.8, 4) is 17.6 Å². The van der Waals surface area contributed by atoms with Crippen LogP contribution in [0.15, 0.2) is 66.2 Å². The maximum Gasteiger partial charge on any atom is 0.275 e. The number of benzene rings is 3. The molecule has 0 N–H and O–H groups in total. The van der Waals surface area contributed by atoms with Gasteiger partial charge in [0.1, 0.15) is 0 Å². The van der Waals surface area contributed by atoms with E-state index in [1.54, 1.807) is 6.07 Å². The monoisotopic (exact) mass is 756 g/mol. The van der Waals surface area contributed by atoms with Crippen molar-refractivity contribution in [1.29, 1.82) is 5.26 Å². The van der Waals surface area contributed by atoms with Gasteiger partial charge in [0.05, 0.1) is 11.6 Å². The highest BCUT2D eigenvalue weighted by Crippen LogP contribution is 2.47. The number of hydrogen-bond acceptors (Lipinski definition) is 4. The van der Waals surface area contributed by atoms with Crippen molar-refractivity contribution in [2.75, 3.05) is 0 Å². The lowest BCUT2D eigenvalue weighted by atomic mass is 9.99. The third-order valence-electron chi connectivity index (χ3n) is 9.13. The molecule has 0 amide bonds. The fraction of sp³-hybridized carbons (Fsp3) is 0.569. The molecule has 1 aliphatic heterocycles. The van der Waals surface area contributed by atoms with E-state index in [0.29, 0.717) is 12.0 Å². The van der Waals surface area contributed by atoms with Crippen LogP contribution in [0, 0.1) is 32.1 Å². The Balaban J connectivity index is 0. The molecule has 3 aromatic carbocycles. The summed E-state index contributed by atoms with van der Waals surface area (Å²) in [7, 11) is 0. The van der Waals surface area contributed by atoms with E-state index >= 15 is 0 Å². The molecular weight excluding hydrogens is 675 g/mol. The molecule has 0 saturated heterocycles. The second kappa shape index (κ2) is 32.4. The normalized spacial score (nSPS) is 13.4. The number of carbonyl (C=O) groups excluding carboxylic acids is 1. The molecule has 0 bridgehead atoms. The molecule has 55 heavy (non-hydrogen) atoms. The van der Waals surface area contributed by atoms with E-state index in [1.807, 2.05) is 84.0 Å². The summed E-state index contributed by atoms with van der Waals surface area (Å²) in [6, 6.07) is 19.7. The number of ketones is 1. The molecule has 4 rings (SSSR count). The zero-order valence-electron chi connectivity index (χ0n) is 38.1. The molecule has 0 radical (unpaired) electrons. The smallest absolute Gasteiger partial charge is 0.275 e. The minimum Gasteiger partial charge on any atom is -0.445 e. The van der Waals surface area contributed by atoms with E-state index < -0.39 is 5.79 Å². The number of Topliss-reactive ketones (excluding diaryl/α,β-unsaturated/α-hetero) is 1. The molecule has 308 valence electrons. The summed E-state index contributed by atoms with van der Waals surface area (Å²) in [4.78, 5) is 11.5. The molecular formula is C51H81NO3. The van der Waals surface area contributed by atoms with Crippen molar-refractivity contribution >= 4 is 5.78 Å². The summed E-state index contributed by atoms with van der Waals surface area (Å²) in [6.07, 6.45) is 17.9. The predicted molar refractivity (Wildman–Crippen MR) is 241 cm³/mol. The summed E-state index contributed by atoms with van der Waals surface area (Å²) in [5.41, 5.74) is 8.56. The summed E-state index contributed by atoms with van der Waals surface area (Å²) < 4.78 is 12.3. The lowest BCUT2D eigenvalue weighted by molar-refractivity contribution is -0.0688. The summed E-state index contributed by atoms with van der Waals surface area (Å²) in [6.45, 7) is 31.5. The first-order chi connectivity index (χ1) is 26.4. The van der Waals surface area contributed by atoms with Gasteiger partial charge in [0.25, 0.3) is 5.79 Å². The number of aryl methyl sites for hydroxylation is 4. The topological polar surface area (TPSA) is 59.3 Å². The van der Waals surface area contributed by atoms with Gasteiger partial charge in [-0.05, 0) is 106 Å². The van der Waals surface area contributed by atoms with Gasteiger partial charge >= 0.3 is 0 Å². The number of allylic oxidation sites excluding steroid dienone is 2. The Labute approximate surface area is 340 Å². The average molecular weight is 756 g/mol. The summed E-state index contributed by atoms with van der Waals surface area (Å²) in [5, 5.41) is 9.01. The van der Waals surface area contributed by atoms with Crippen molar-refractivity contribution < 1.29 is 14.3 Å². The van der Waals surface area contributed by atoms with Crippen LogP contribution >= 0.6 is 0 Å². The number of rotatable bonds is 13. The maximum absolute atomic E-state index is 11.5. The van der Waals surface area contributed by atoms with Crippen molar-refractivity contribution in [3.63, 3.8) is 0 Å². The largest absolute Gasteiger partial charge is 0.445 e. The number of carbonyl (C=O) groups is 1. The van der Waals surface area contributed by atoms with Crippen LogP contribution in [0.5, 0.6) is 11.5 Å². The van der Waals surface area contributed by atoms with Gasteiger partial charge in [-0.25, -0.2) is 0 Å². The zero-order chi connectivity index (χ0) is 42.2. The van der Waals surface area contributed by atoms with Gasteiger partial charge in [-0.1, -0.05) is 156 Å². The Morgan fingerprint density at radius 1 is 0.709 bits per heavy atom. The van der Waals surface area contributed by atoms with E-state index in [4.69, 9.17) is 14.7 Å². The Hall–Kier alpha value is -3.84. The van der Waals surface area contributed by atoms with E-state index in [9.17, 15) is 4.79 Å². The van der Waals surface area contributed by atoms with Gasteiger partial charge in [0, 0.05) is 24.5 Å². The van der Waals surface area contributed by atoms with Crippen LogP contribution in [0.2, 0.25) is 0 Å². The van der Waals surface area contributed by atoms with Crippen LogP contribution in [-0.4, -0.2) is 5.78 Å². The highest BCUT2D eigenvalue weighted by Gasteiger charge is 2.40. The first kappa shape index (κ1) is 53.3. The quantitative estimate of drug-likeness (QED) is 0.0990. The first-order valence-corrected chi connectivity index (χ1v) is 21.6. The number of unbranched alkanes of at least 4 members (excludes halogenated alkanes) is 5. The van der Waals surface area contributed by atoms with E-state index in [2.05, 4.69) is 80.5 Å². The molecule has 0 aromatic heterocycles. The van der Waals surface area contributed by atoms with Gasteiger partial charge < -0.3 is 9.47 Å². The molecule has 1 unspecified atom stereocenters. The summed E-state index contributed by atoms with van der Waals surface area (Å²) in [5.74, 6) is 1.04.